The average molecular weight is 444 g/mol. The molecule has 3 aromatic rings. The van der Waals surface area contributed by atoms with Gasteiger partial charge in [0.25, 0.3) is 6.01 Å². The molecule has 0 bridgehead atoms. The minimum atomic E-state index is -0.698. The van der Waals surface area contributed by atoms with E-state index in [0.717, 1.165) is 30.4 Å². The van der Waals surface area contributed by atoms with E-state index in [1.54, 1.807) is 6.07 Å². The average Bonchev–Trinajstić information content (AvgIpc) is 3.43. The van der Waals surface area contributed by atoms with Gasteiger partial charge in [0, 0.05) is 5.56 Å². The Bertz CT molecular complexity index is 1130. The summed E-state index contributed by atoms with van der Waals surface area (Å²) in [5, 5.41) is 20.9. The number of fused-ring (bicyclic) bond motifs is 2. The molecule has 1 aromatic carbocycles. The number of benzene rings is 1. The van der Waals surface area contributed by atoms with Crippen LogP contribution < -0.4 is 4.74 Å². The number of nitrogens with one attached hydrogen (secondary N) is 1. The van der Waals surface area contributed by atoms with Crippen LogP contribution in [0.2, 0.25) is 5.02 Å². The fourth-order valence-corrected chi connectivity index (χ4v) is 4.84. The molecule has 0 spiro atoms. The van der Waals surface area contributed by atoms with Crippen LogP contribution in [0.15, 0.2) is 30.3 Å². The highest BCUT2D eigenvalue weighted by molar-refractivity contribution is 6.33. The summed E-state index contributed by atoms with van der Waals surface area (Å²) < 4.78 is 17.1. The third kappa shape index (κ3) is 3.21. The van der Waals surface area contributed by atoms with Crippen LogP contribution in [0, 0.1) is 0 Å². The van der Waals surface area contributed by atoms with E-state index in [9.17, 15) is 10.2 Å². The van der Waals surface area contributed by atoms with Gasteiger partial charge in [0.15, 0.2) is 11.8 Å². The van der Waals surface area contributed by atoms with Crippen molar-refractivity contribution in [1.82, 2.24) is 15.0 Å². The standard InChI is InChI=1S/C22H22ClN3O5/c23-13-8-14-20(25-17(13)11-2-4-12(5-3-11)22(28)6-1-7-22)26-21(24-14)31-16-10-30-18-15(27)9-29-19(16)18/h2-5,8,15-16,18-19,27-28H,1,6-7,9-10H2,(H,24,25,26)/t15?,16-,18-,19-/m1/s1. The van der Waals surface area contributed by atoms with Gasteiger partial charge in [-0.3, -0.25) is 0 Å². The Hall–Kier alpha value is -2.23. The second kappa shape index (κ2) is 7.15. The van der Waals surface area contributed by atoms with Gasteiger partial charge in [0.1, 0.15) is 18.3 Å². The Morgan fingerprint density at radius 1 is 1.10 bits per heavy atom. The molecule has 2 aliphatic heterocycles. The number of aromatic nitrogens is 3. The van der Waals surface area contributed by atoms with Gasteiger partial charge in [0.05, 0.1) is 35.0 Å². The van der Waals surface area contributed by atoms with Crippen molar-refractivity contribution in [3.05, 3.63) is 40.9 Å². The minimum absolute atomic E-state index is 0.242. The van der Waals surface area contributed by atoms with E-state index in [1.165, 1.54) is 0 Å². The van der Waals surface area contributed by atoms with Crippen molar-refractivity contribution < 1.29 is 24.4 Å². The van der Waals surface area contributed by atoms with Crippen LogP contribution in [0.1, 0.15) is 24.8 Å². The molecule has 8 nitrogen and oxygen atoms in total. The lowest BCUT2D eigenvalue weighted by Crippen LogP contribution is -2.34. The van der Waals surface area contributed by atoms with Gasteiger partial charge in [-0.05, 0) is 30.9 Å². The number of H-pyrrole nitrogens is 1. The molecular formula is C22H22ClN3O5. The van der Waals surface area contributed by atoms with E-state index in [0.29, 0.717) is 34.5 Å². The van der Waals surface area contributed by atoms with Crippen LogP contribution >= 0.6 is 11.6 Å². The highest BCUT2D eigenvalue weighted by atomic mass is 35.5. The number of aromatic amines is 1. The summed E-state index contributed by atoms with van der Waals surface area (Å²) in [5.41, 5.74) is 2.84. The van der Waals surface area contributed by atoms with E-state index < -0.39 is 11.7 Å². The van der Waals surface area contributed by atoms with Crippen molar-refractivity contribution in [3.8, 4) is 17.3 Å². The molecule has 162 valence electrons. The molecule has 4 atom stereocenters. The quantitative estimate of drug-likeness (QED) is 0.568. The van der Waals surface area contributed by atoms with Gasteiger partial charge in [-0.2, -0.15) is 4.98 Å². The molecule has 1 saturated carbocycles. The molecule has 3 N–H and O–H groups in total. The van der Waals surface area contributed by atoms with Gasteiger partial charge in [-0.15, -0.1) is 0 Å². The van der Waals surface area contributed by atoms with Crippen LogP contribution in [-0.4, -0.2) is 62.8 Å². The lowest BCUT2D eigenvalue weighted by atomic mass is 9.75. The summed E-state index contributed by atoms with van der Waals surface area (Å²) >= 11 is 6.51. The summed E-state index contributed by atoms with van der Waals surface area (Å²) in [6, 6.07) is 9.79. The van der Waals surface area contributed by atoms with Crippen molar-refractivity contribution in [2.24, 2.45) is 0 Å². The second-order valence-electron chi connectivity index (χ2n) is 8.51. The number of hydrogen-bond donors (Lipinski definition) is 3. The Kier molecular flexibility index (Phi) is 4.49. The van der Waals surface area contributed by atoms with Crippen molar-refractivity contribution in [2.75, 3.05) is 13.2 Å². The summed E-state index contributed by atoms with van der Waals surface area (Å²) in [5.74, 6) is 0. The van der Waals surface area contributed by atoms with Gasteiger partial charge >= 0.3 is 0 Å². The van der Waals surface area contributed by atoms with Gasteiger partial charge in [-0.1, -0.05) is 35.9 Å². The number of ether oxygens (including phenoxy) is 3. The van der Waals surface area contributed by atoms with Gasteiger partial charge in [0.2, 0.25) is 0 Å². The largest absolute Gasteiger partial charge is 0.456 e. The van der Waals surface area contributed by atoms with Crippen LogP contribution in [0.5, 0.6) is 6.01 Å². The van der Waals surface area contributed by atoms with E-state index >= 15 is 0 Å². The lowest BCUT2D eigenvalue weighted by molar-refractivity contribution is -0.0387. The molecule has 6 rings (SSSR count). The maximum atomic E-state index is 10.5. The molecule has 3 aliphatic rings. The summed E-state index contributed by atoms with van der Waals surface area (Å²) in [7, 11) is 0. The number of nitrogens with zero attached hydrogens (tertiary/aromatic N) is 2. The predicted octanol–water partition coefficient (Wildman–Crippen LogP) is 2.56. The number of pyridine rings is 1. The maximum absolute atomic E-state index is 10.5. The third-order valence-electron chi connectivity index (χ3n) is 6.53. The van der Waals surface area contributed by atoms with Crippen molar-refractivity contribution >= 4 is 22.8 Å². The number of hydrogen-bond acceptors (Lipinski definition) is 7. The van der Waals surface area contributed by atoms with Crippen LogP contribution in [0.25, 0.3) is 22.4 Å². The topological polar surface area (TPSA) is 110 Å². The van der Waals surface area contributed by atoms with Gasteiger partial charge in [-0.25, -0.2) is 4.98 Å². The van der Waals surface area contributed by atoms with Crippen LogP contribution in [0.4, 0.5) is 0 Å². The molecule has 2 saturated heterocycles. The molecule has 1 aliphatic carbocycles. The SMILES string of the molecule is OC1CO[C@H]2[C@@H]1OC[C@H]2Oc1nc2nc(-c3ccc(C4(O)CCC4)cc3)c(Cl)cc2[nH]1. The predicted molar refractivity (Wildman–Crippen MR) is 112 cm³/mol. The Balaban J connectivity index is 1.26. The van der Waals surface area contributed by atoms with E-state index in [-0.39, 0.29) is 24.9 Å². The highest BCUT2D eigenvalue weighted by Gasteiger charge is 2.48. The second-order valence-corrected chi connectivity index (χ2v) is 8.92. The fraction of sp³-hybridized carbons (Fsp3) is 0.455. The zero-order valence-electron chi connectivity index (χ0n) is 16.6. The van der Waals surface area contributed by atoms with Gasteiger partial charge < -0.3 is 29.4 Å². The monoisotopic (exact) mass is 443 g/mol. The molecule has 0 amide bonds. The number of aliphatic hydroxyl groups excluding tert-OH is 1. The Morgan fingerprint density at radius 3 is 2.61 bits per heavy atom. The minimum Gasteiger partial charge on any atom is -0.456 e. The van der Waals surface area contributed by atoms with Crippen molar-refractivity contribution in [3.63, 3.8) is 0 Å². The first-order valence-corrected chi connectivity index (χ1v) is 10.9. The molecule has 2 aromatic heterocycles. The smallest absolute Gasteiger partial charge is 0.296 e. The summed E-state index contributed by atoms with van der Waals surface area (Å²) in [4.78, 5) is 12.2. The van der Waals surface area contributed by atoms with Crippen LogP contribution in [-0.2, 0) is 15.1 Å². The molecular weight excluding hydrogens is 422 g/mol. The zero-order chi connectivity index (χ0) is 21.2. The molecule has 9 heteroatoms. The first kappa shape index (κ1) is 19.5. The molecule has 4 heterocycles. The number of aliphatic hydroxyl groups is 2. The Morgan fingerprint density at radius 2 is 1.87 bits per heavy atom. The van der Waals surface area contributed by atoms with E-state index in [4.69, 9.17) is 25.8 Å². The van der Waals surface area contributed by atoms with Crippen molar-refractivity contribution in [1.29, 1.82) is 0 Å². The normalized spacial score (nSPS) is 29.1. The Labute approximate surface area is 183 Å². The first-order chi connectivity index (χ1) is 15.0. The maximum Gasteiger partial charge on any atom is 0.296 e. The summed E-state index contributed by atoms with van der Waals surface area (Å²) in [6.07, 6.45) is 0.966. The number of halogens is 1. The van der Waals surface area contributed by atoms with Crippen LogP contribution in [0.3, 0.4) is 0 Å². The van der Waals surface area contributed by atoms with Crippen molar-refractivity contribution in [2.45, 2.75) is 49.3 Å². The molecule has 3 fully saturated rings. The molecule has 1 unspecified atom stereocenters. The highest BCUT2D eigenvalue weighted by Crippen LogP contribution is 2.41. The lowest BCUT2D eigenvalue weighted by Gasteiger charge is -2.37. The number of imidazole rings is 1. The molecule has 0 radical (unpaired) electrons. The first-order valence-electron chi connectivity index (χ1n) is 10.5. The third-order valence-corrected chi connectivity index (χ3v) is 6.81. The number of rotatable bonds is 4. The summed E-state index contributed by atoms with van der Waals surface area (Å²) in [6.45, 7) is 0.563. The van der Waals surface area contributed by atoms with E-state index in [1.807, 2.05) is 24.3 Å². The van der Waals surface area contributed by atoms with E-state index in [2.05, 4.69) is 15.0 Å². The molecule has 31 heavy (non-hydrogen) atoms. The zero-order valence-corrected chi connectivity index (χ0v) is 17.4. The fourth-order valence-electron chi connectivity index (χ4n) is 4.58.